The fraction of sp³-hybridized carbons (Fsp3) is 0.500. The summed E-state index contributed by atoms with van der Waals surface area (Å²) in [5.74, 6) is -0.0534. The minimum absolute atomic E-state index is 0. The molecule has 0 saturated carbocycles. The van der Waals surface area contributed by atoms with Crippen LogP contribution in [0.25, 0.3) is 0 Å². The molecule has 0 bridgehead atoms. The second kappa shape index (κ2) is 8.76. The van der Waals surface area contributed by atoms with Crippen molar-refractivity contribution in [3.8, 4) is 0 Å². The Morgan fingerprint density at radius 3 is 2.73 bits per heavy atom. The molecular formula is C16H24ClN3O2. The van der Waals surface area contributed by atoms with E-state index in [0.717, 1.165) is 37.1 Å². The van der Waals surface area contributed by atoms with E-state index in [0.29, 0.717) is 0 Å². The van der Waals surface area contributed by atoms with Crippen LogP contribution in [-0.4, -0.2) is 24.4 Å². The lowest BCUT2D eigenvalue weighted by Gasteiger charge is -2.24. The van der Waals surface area contributed by atoms with Crippen LogP contribution in [0.4, 0.5) is 5.69 Å². The Balaban J connectivity index is 0.00000242. The molecule has 1 heterocycles. The molecule has 2 unspecified atom stereocenters. The van der Waals surface area contributed by atoms with Gasteiger partial charge in [0.05, 0.1) is 12.1 Å². The van der Waals surface area contributed by atoms with Gasteiger partial charge in [-0.1, -0.05) is 18.6 Å². The highest BCUT2D eigenvalue weighted by Crippen LogP contribution is 2.18. The van der Waals surface area contributed by atoms with Gasteiger partial charge in [0.1, 0.15) is 0 Å². The van der Waals surface area contributed by atoms with Crippen LogP contribution < -0.4 is 16.0 Å². The van der Waals surface area contributed by atoms with Crippen LogP contribution in [0.5, 0.6) is 0 Å². The lowest BCUT2D eigenvalue weighted by Crippen LogP contribution is -2.47. The summed E-state index contributed by atoms with van der Waals surface area (Å²) in [5, 5.41) is 9.03. The molecule has 2 rings (SSSR count). The Morgan fingerprint density at radius 2 is 2.09 bits per heavy atom. The number of anilines is 1. The van der Waals surface area contributed by atoms with Gasteiger partial charge in [0.2, 0.25) is 11.8 Å². The lowest BCUT2D eigenvalue weighted by atomic mass is 10.0. The van der Waals surface area contributed by atoms with Gasteiger partial charge >= 0.3 is 0 Å². The Labute approximate surface area is 137 Å². The summed E-state index contributed by atoms with van der Waals surface area (Å²) in [6, 6.07) is 7.38. The highest BCUT2D eigenvalue weighted by molar-refractivity contribution is 5.88. The van der Waals surface area contributed by atoms with Crippen LogP contribution in [-0.2, 0) is 9.59 Å². The van der Waals surface area contributed by atoms with E-state index in [9.17, 15) is 9.59 Å². The Morgan fingerprint density at radius 1 is 1.32 bits per heavy atom. The number of hydrogen-bond donors (Lipinski definition) is 3. The molecule has 1 aromatic carbocycles. The van der Waals surface area contributed by atoms with Gasteiger partial charge in [0.25, 0.3) is 0 Å². The lowest BCUT2D eigenvalue weighted by molar-refractivity contribution is -0.124. The van der Waals surface area contributed by atoms with Crippen LogP contribution >= 0.6 is 12.4 Å². The van der Waals surface area contributed by atoms with Crippen molar-refractivity contribution in [2.75, 3.05) is 11.9 Å². The molecule has 0 aromatic heterocycles. The van der Waals surface area contributed by atoms with Crippen LogP contribution in [0.3, 0.4) is 0 Å². The quantitative estimate of drug-likeness (QED) is 0.796. The smallest absolute Gasteiger partial charge is 0.237 e. The Bertz CT molecular complexity index is 516. The molecule has 3 N–H and O–H groups in total. The number of benzene rings is 1. The van der Waals surface area contributed by atoms with Crippen molar-refractivity contribution < 1.29 is 9.59 Å². The van der Waals surface area contributed by atoms with Crippen molar-refractivity contribution in [2.24, 2.45) is 0 Å². The normalized spacial score (nSPS) is 18.7. The molecule has 0 aliphatic carbocycles. The highest BCUT2D eigenvalue weighted by atomic mass is 35.5. The third kappa shape index (κ3) is 5.31. The monoisotopic (exact) mass is 325 g/mol. The topological polar surface area (TPSA) is 70.2 Å². The van der Waals surface area contributed by atoms with Crippen molar-refractivity contribution in [1.29, 1.82) is 0 Å². The van der Waals surface area contributed by atoms with Gasteiger partial charge in [0.15, 0.2) is 0 Å². The van der Waals surface area contributed by atoms with E-state index < -0.39 is 0 Å². The number of amides is 2. The van der Waals surface area contributed by atoms with Crippen LogP contribution in [0.1, 0.15) is 44.7 Å². The average Bonchev–Trinajstić information content (AvgIpc) is 2.47. The fourth-order valence-electron chi connectivity index (χ4n) is 2.56. The summed E-state index contributed by atoms with van der Waals surface area (Å²) in [4.78, 5) is 23.3. The molecule has 22 heavy (non-hydrogen) atoms. The predicted molar refractivity (Wildman–Crippen MR) is 90.2 cm³/mol. The van der Waals surface area contributed by atoms with E-state index in [1.807, 2.05) is 31.2 Å². The molecule has 1 fully saturated rings. The SMILES string of the molecule is CC(=O)Nc1cccc(C(C)NC(=O)C2CCCCN2)c1.Cl. The third-order valence-corrected chi connectivity index (χ3v) is 3.69. The van der Waals surface area contributed by atoms with E-state index in [2.05, 4.69) is 16.0 Å². The van der Waals surface area contributed by atoms with Crippen LogP contribution in [0.15, 0.2) is 24.3 Å². The summed E-state index contributed by atoms with van der Waals surface area (Å²) in [6.07, 6.45) is 3.13. The first-order valence-electron chi connectivity index (χ1n) is 7.47. The minimum Gasteiger partial charge on any atom is -0.348 e. The molecule has 6 heteroatoms. The maximum absolute atomic E-state index is 12.2. The number of carbonyl (C=O) groups is 2. The van der Waals surface area contributed by atoms with Crippen molar-refractivity contribution in [1.82, 2.24) is 10.6 Å². The van der Waals surface area contributed by atoms with Crippen LogP contribution in [0, 0.1) is 0 Å². The maximum Gasteiger partial charge on any atom is 0.237 e. The molecule has 1 aliphatic heterocycles. The average molecular weight is 326 g/mol. The van der Waals surface area contributed by atoms with Gasteiger partial charge < -0.3 is 16.0 Å². The van der Waals surface area contributed by atoms with Crippen molar-refractivity contribution in [3.63, 3.8) is 0 Å². The number of carbonyl (C=O) groups excluding carboxylic acids is 2. The maximum atomic E-state index is 12.2. The highest BCUT2D eigenvalue weighted by Gasteiger charge is 2.22. The molecule has 122 valence electrons. The summed E-state index contributed by atoms with van der Waals surface area (Å²) < 4.78 is 0. The molecule has 1 aliphatic rings. The zero-order chi connectivity index (χ0) is 15.2. The third-order valence-electron chi connectivity index (χ3n) is 3.69. The van der Waals surface area contributed by atoms with Gasteiger partial charge in [-0.2, -0.15) is 0 Å². The van der Waals surface area contributed by atoms with Crippen molar-refractivity contribution in [3.05, 3.63) is 29.8 Å². The predicted octanol–water partition coefficient (Wildman–Crippen LogP) is 2.39. The zero-order valence-corrected chi connectivity index (χ0v) is 13.8. The number of halogens is 1. The summed E-state index contributed by atoms with van der Waals surface area (Å²) in [6.45, 7) is 4.34. The van der Waals surface area contributed by atoms with Crippen molar-refractivity contribution >= 4 is 29.9 Å². The molecule has 1 saturated heterocycles. The largest absolute Gasteiger partial charge is 0.348 e. The Hall–Kier alpha value is -1.59. The summed E-state index contributed by atoms with van der Waals surface area (Å²) in [5.41, 5.74) is 1.72. The van der Waals surface area contributed by atoms with Gasteiger partial charge in [-0.15, -0.1) is 12.4 Å². The van der Waals surface area contributed by atoms with Crippen LogP contribution in [0.2, 0.25) is 0 Å². The van der Waals surface area contributed by atoms with Crippen molar-refractivity contribution in [2.45, 2.75) is 45.2 Å². The minimum atomic E-state index is -0.102. The first kappa shape index (κ1) is 18.5. The molecular weight excluding hydrogens is 302 g/mol. The molecule has 0 radical (unpaired) electrons. The first-order chi connectivity index (χ1) is 10.1. The van der Waals surface area contributed by atoms with E-state index in [1.54, 1.807) is 0 Å². The van der Waals surface area contributed by atoms with Gasteiger partial charge in [-0.05, 0) is 44.0 Å². The van der Waals surface area contributed by atoms with Gasteiger partial charge in [-0.25, -0.2) is 0 Å². The second-order valence-corrected chi connectivity index (χ2v) is 5.54. The fourth-order valence-corrected chi connectivity index (χ4v) is 2.56. The first-order valence-corrected chi connectivity index (χ1v) is 7.47. The second-order valence-electron chi connectivity index (χ2n) is 5.54. The number of piperidine rings is 1. The van der Waals surface area contributed by atoms with E-state index >= 15 is 0 Å². The zero-order valence-electron chi connectivity index (χ0n) is 13.0. The molecule has 2 atom stereocenters. The summed E-state index contributed by atoms with van der Waals surface area (Å²) in [7, 11) is 0. The number of rotatable bonds is 4. The van der Waals surface area contributed by atoms with E-state index in [4.69, 9.17) is 0 Å². The summed E-state index contributed by atoms with van der Waals surface area (Å²) >= 11 is 0. The van der Waals surface area contributed by atoms with Gasteiger partial charge in [-0.3, -0.25) is 9.59 Å². The van der Waals surface area contributed by atoms with Gasteiger partial charge in [0, 0.05) is 12.6 Å². The molecule has 5 nitrogen and oxygen atoms in total. The number of nitrogens with one attached hydrogen (secondary N) is 3. The molecule has 0 spiro atoms. The molecule has 2 amide bonds. The standard InChI is InChI=1S/C16H23N3O2.ClH/c1-11(18-16(21)15-8-3-4-9-17-15)13-6-5-7-14(10-13)19-12(2)20;/h5-7,10-11,15,17H,3-4,8-9H2,1-2H3,(H,18,21)(H,19,20);1H. The van der Waals surface area contributed by atoms with E-state index in [1.165, 1.54) is 6.92 Å². The Kier molecular flexibility index (Phi) is 7.35. The number of hydrogen-bond acceptors (Lipinski definition) is 3. The molecule has 1 aromatic rings. The van der Waals surface area contributed by atoms with E-state index in [-0.39, 0.29) is 36.3 Å².